The van der Waals surface area contributed by atoms with E-state index in [0.717, 1.165) is 63.3 Å². The Balaban J connectivity index is 1.99. The maximum Gasteiger partial charge on any atom is 0.145 e. The molecule has 0 saturated heterocycles. The SMILES string of the molecule is COc1ccc(-c2[nH]c3c(C)c(Cl)ccc3c2CCCCN)c2cccnc12. The second kappa shape index (κ2) is 7.82. The zero-order valence-corrected chi connectivity index (χ0v) is 16.9. The lowest BCUT2D eigenvalue weighted by molar-refractivity contribution is 0.419. The number of unbranched alkanes of at least 4 members (excludes halogenated alkanes) is 1. The fourth-order valence-electron chi connectivity index (χ4n) is 3.90. The van der Waals surface area contributed by atoms with Crippen LogP contribution in [0.4, 0.5) is 0 Å². The summed E-state index contributed by atoms with van der Waals surface area (Å²) in [4.78, 5) is 8.21. The van der Waals surface area contributed by atoms with E-state index in [4.69, 9.17) is 22.1 Å². The summed E-state index contributed by atoms with van der Waals surface area (Å²) in [5.41, 5.74) is 12.3. The molecule has 0 radical (unpaired) electrons. The molecule has 28 heavy (non-hydrogen) atoms. The lowest BCUT2D eigenvalue weighted by Crippen LogP contribution is -1.99. The maximum absolute atomic E-state index is 6.39. The zero-order valence-electron chi connectivity index (χ0n) is 16.2. The Morgan fingerprint density at radius 3 is 2.75 bits per heavy atom. The van der Waals surface area contributed by atoms with Crippen molar-refractivity contribution >= 4 is 33.4 Å². The Kier molecular flexibility index (Phi) is 5.25. The number of pyridine rings is 1. The second-order valence-electron chi connectivity index (χ2n) is 7.03. The lowest BCUT2D eigenvalue weighted by atomic mass is 9.97. The van der Waals surface area contributed by atoms with Gasteiger partial charge in [0.2, 0.25) is 0 Å². The van der Waals surface area contributed by atoms with Gasteiger partial charge < -0.3 is 15.5 Å². The average Bonchev–Trinajstić information content (AvgIpc) is 3.09. The molecule has 0 unspecified atom stereocenters. The Morgan fingerprint density at radius 1 is 1.11 bits per heavy atom. The number of ether oxygens (including phenoxy) is 1. The average molecular weight is 394 g/mol. The monoisotopic (exact) mass is 393 g/mol. The van der Waals surface area contributed by atoms with Crippen molar-refractivity contribution in [1.29, 1.82) is 0 Å². The molecule has 3 N–H and O–H groups in total. The third-order valence-electron chi connectivity index (χ3n) is 5.38. The minimum absolute atomic E-state index is 0.706. The van der Waals surface area contributed by atoms with Crippen molar-refractivity contribution in [1.82, 2.24) is 9.97 Å². The molecule has 5 heteroatoms. The number of rotatable bonds is 6. The van der Waals surface area contributed by atoms with Crippen LogP contribution < -0.4 is 10.5 Å². The highest BCUT2D eigenvalue weighted by molar-refractivity contribution is 6.32. The fourth-order valence-corrected chi connectivity index (χ4v) is 4.06. The molecule has 2 heterocycles. The quantitative estimate of drug-likeness (QED) is 0.417. The summed E-state index contributed by atoms with van der Waals surface area (Å²) < 4.78 is 5.52. The van der Waals surface area contributed by atoms with Crippen molar-refractivity contribution in [2.45, 2.75) is 26.2 Å². The topological polar surface area (TPSA) is 63.9 Å². The molecule has 0 fully saturated rings. The number of fused-ring (bicyclic) bond motifs is 2. The van der Waals surface area contributed by atoms with Crippen LogP contribution in [0.25, 0.3) is 33.1 Å². The molecule has 2 aromatic heterocycles. The van der Waals surface area contributed by atoms with Crippen LogP contribution in [0, 0.1) is 6.92 Å². The summed E-state index contributed by atoms with van der Waals surface area (Å²) in [5, 5.41) is 3.06. The number of aromatic amines is 1. The highest BCUT2D eigenvalue weighted by Crippen LogP contribution is 2.39. The predicted octanol–water partition coefficient (Wildman–Crippen LogP) is 5.63. The third-order valence-corrected chi connectivity index (χ3v) is 5.79. The molecule has 4 nitrogen and oxygen atoms in total. The number of aromatic nitrogens is 2. The van der Waals surface area contributed by atoms with E-state index >= 15 is 0 Å². The van der Waals surface area contributed by atoms with Gasteiger partial charge in [-0.2, -0.15) is 0 Å². The van der Waals surface area contributed by atoms with E-state index in [1.165, 1.54) is 10.9 Å². The highest BCUT2D eigenvalue weighted by Gasteiger charge is 2.18. The van der Waals surface area contributed by atoms with Gasteiger partial charge in [-0.25, -0.2) is 0 Å². The fraction of sp³-hybridized carbons (Fsp3) is 0.261. The van der Waals surface area contributed by atoms with E-state index in [1.54, 1.807) is 13.3 Å². The van der Waals surface area contributed by atoms with Gasteiger partial charge in [0, 0.05) is 27.6 Å². The van der Waals surface area contributed by atoms with Gasteiger partial charge in [-0.05, 0) is 68.1 Å². The summed E-state index contributed by atoms with van der Waals surface area (Å²) in [5.74, 6) is 0.777. The Morgan fingerprint density at radius 2 is 1.96 bits per heavy atom. The number of hydrogen-bond acceptors (Lipinski definition) is 3. The zero-order chi connectivity index (χ0) is 19.7. The summed E-state index contributed by atoms with van der Waals surface area (Å²) >= 11 is 6.39. The number of H-pyrrole nitrogens is 1. The number of aryl methyl sites for hydroxylation is 2. The predicted molar refractivity (Wildman–Crippen MR) is 117 cm³/mol. The minimum Gasteiger partial charge on any atom is -0.494 e. The molecular weight excluding hydrogens is 370 g/mol. The largest absolute Gasteiger partial charge is 0.494 e. The van der Waals surface area contributed by atoms with E-state index in [1.807, 2.05) is 18.2 Å². The molecule has 0 aliphatic rings. The first kappa shape index (κ1) is 18.8. The van der Waals surface area contributed by atoms with Crippen LogP contribution in [0.3, 0.4) is 0 Å². The van der Waals surface area contributed by atoms with Crippen LogP contribution in [0.15, 0.2) is 42.6 Å². The standard InChI is InChI=1S/C23H24ClN3O/c1-14-19(24)10-8-17-15(6-3-4-12-25)22(27-21(14)17)18-9-11-20(28-2)23-16(18)7-5-13-26-23/h5,7-11,13,27H,3-4,6,12,25H2,1-2H3. The van der Waals surface area contributed by atoms with Crippen molar-refractivity contribution in [3.8, 4) is 17.0 Å². The highest BCUT2D eigenvalue weighted by atomic mass is 35.5. The van der Waals surface area contributed by atoms with Crippen molar-refractivity contribution in [3.05, 3.63) is 58.7 Å². The number of methoxy groups -OCH3 is 1. The van der Waals surface area contributed by atoms with Gasteiger partial charge >= 0.3 is 0 Å². The molecular formula is C23H24ClN3O. The van der Waals surface area contributed by atoms with E-state index in [9.17, 15) is 0 Å². The molecule has 4 aromatic rings. The number of nitrogens with one attached hydrogen (secondary N) is 1. The number of halogens is 1. The van der Waals surface area contributed by atoms with Gasteiger partial charge in [-0.1, -0.05) is 23.7 Å². The molecule has 0 aliphatic carbocycles. The van der Waals surface area contributed by atoms with Crippen molar-refractivity contribution in [2.75, 3.05) is 13.7 Å². The van der Waals surface area contributed by atoms with Gasteiger partial charge in [0.1, 0.15) is 11.3 Å². The van der Waals surface area contributed by atoms with Crippen LogP contribution >= 0.6 is 11.6 Å². The number of benzene rings is 2. The first-order chi connectivity index (χ1) is 13.7. The van der Waals surface area contributed by atoms with Gasteiger partial charge in [-0.3, -0.25) is 4.98 Å². The van der Waals surface area contributed by atoms with Crippen LogP contribution in [0.2, 0.25) is 5.02 Å². The van der Waals surface area contributed by atoms with Crippen LogP contribution in [0.1, 0.15) is 24.0 Å². The summed E-state index contributed by atoms with van der Waals surface area (Å²) in [6, 6.07) is 12.2. The van der Waals surface area contributed by atoms with Gasteiger partial charge in [0.15, 0.2) is 0 Å². The van der Waals surface area contributed by atoms with Gasteiger partial charge in [-0.15, -0.1) is 0 Å². The molecule has 0 saturated carbocycles. The van der Waals surface area contributed by atoms with Gasteiger partial charge in [0.05, 0.1) is 18.3 Å². The molecule has 0 spiro atoms. The first-order valence-corrected chi connectivity index (χ1v) is 9.95. The van der Waals surface area contributed by atoms with Gasteiger partial charge in [0.25, 0.3) is 0 Å². The number of hydrogen-bond donors (Lipinski definition) is 2. The summed E-state index contributed by atoms with van der Waals surface area (Å²) in [7, 11) is 1.68. The molecule has 0 bridgehead atoms. The lowest BCUT2D eigenvalue weighted by Gasteiger charge is -2.11. The third kappa shape index (κ3) is 3.13. The maximum atomic E-state index is 6.39. The smallest absolute Gasteiger partial charge is 0.145 e. The van der Waals surface area contributed by atoms with Crippen LogP contribution in [-0.2, 0) is 6.42 Å². The summed E-state index contributed by atoms with van der Waals surface area (Å²) in [6.07, 6.45) is 4.81. The van der Waals surface area contributed by atoms with Crippen molar-refractivity contribution in [3.63, 3.8) is 0 Å². The van der Waals surface area contributed by atoms with E-state index in [0.29, 0.717) is 6.54 Å². The Bertz CT molecular complexity index is 1150. The number of nitrogens with two attached hydrogens (primary N) is 1. The van der Waals surface area contributed by atoms with Crippen molar-refractivity contribution < 1.29 is 4.74 Å². The van der Waals surface area contributed by atoms with E-state index in [2.05, 4.69) is 35.1 Å². The summed E-state index contributed by atoms with van der Waals surface area (Å²) in [6.45, 7) is 2.76. The second-order valence-corrected chi connectivity index (χ2v) is 7.44. The van der Waals surface area contributed by atoms with Crippen LogP contribution in [-0.4, -0.2) is 23.6 Å². The molecule has 4 rings (SSSR count). The molecule has 0 amide bonds. The van der Waals surface area contributed by atoms with E-state index in [-0.39, 0.29) is 0 Å². The first-order valence-electron chi connectivity index (χ1n) is 9.57. The van der Waals surface area contributed by atoms with Crippen LogP contribution in [0.5, 0.6) is 5.75 Å². The Labute approximate surface area is 169 Å². The van der Waals surface area contributed by atoms with Crippen molar-refractivity contribution in [2.24, 2.45) is 5.73 Å². The molecule has 0 aliphatic heterocycles. The normalized spacial score (nSPS) is 11.4. The molecule has 144 valence electrons. The minimum atomic E-state index is 0.706. The molecule has 0 atom stereocenters. The van der Waals surface area contributed by atoms with E-state index < -0.39 is 0 Å². The molecule has 2 aromatic carbocycles. The Hall–Kier alpha value is -2.56. The number of nitrogens with zero attached hydrogens (tertiary/aromatic N) is 1.